The van der Waals surface area contributed by atoms with Gasteiger partial charge in [0.05, 0.1) is 17.3 Å². The number of hydrogen-bond acceptors (Lipinski definition) is 4. The van der Waals surface area contributed by atoms with Gasteiger partial charge in [0, 0.05) is 32.3 Å². The van der Waals surface area contributed by atoms with E-state index in [1.54, 1.807) is 0 Å². The van der Waals surface area contributed by atoms with Gasteiger partial charge in [-0.2, -0.15) is 0 Å². The van der Waals surface area contributed by atoms with E-state index < -0.39 is 0 Å². The van der Waals surface area contributed by atoms with E-state index in [-0.39, 0.29) is 17.3 Å². The molecule has 20 heavy (non-hydrogen) atoms. The van der Waals surface area contributed by atoms with Crippen molar-refractivity contribution >= 4 is 0 Å². The molecule has 1 spiro atoms. The molecule has 2 aliphatic heterocycles. The van der Waals surface area contributed by atoms with Crippen molar-refractivity contribution in [2.24, 2.45) is 5.73 Å². The highest BCUT2D eigenvalue weighted by Gasteiger charge is 2.44. The predicted octanol–water partition coefficient (Wildman–Crippen LogP) is 1.92. The highest BCUT2D eigenvalue weighted by atomic mass is 16.5. The fourth-order valence-corrected chi connectivity index (χ4v) is 4.42. The lowest BCUT2D eigenvalue weighted by Gasteiger charge is -2.49. The van der Waals surface area contributed by atoms with Crippen LogP contribution in [0.3, 0.4) is 0 Å². The van der Waals surface area contributed by atoms with E-state index in [2.05, 4.69) is 18.7 Å². The van der Waals surface area contributed by atoms with E-state index in [1.807, 2.05) is 0 Å². The molecule has 0 radical (unpaired) electrons. The van der Waals surface area contributed by atoms with Crippen molar-refractivity contribution < 1.29 is 9.47 Å². The van der Waals surface area contributed by atoms with Gasteiger partial charge in [-0.05, 0) is 39.5 Å². The summed E-state index contributed by atoms with van der Waals surface area (Å²) < 4.78 is 12.2. The standard InChI is InChI=1S/C16H30N2O2/c1-15(2)12-18(11-14(10-17)20-15)13-5-8-19-16(9-13)6-3-4-7-16/h13-14H,3-12,17H2,1-2H3. The van der Waals surface area contributed by atoms with Crippen LogP contribution in [0, 0.1) is 0 Å². The van der Waals surface area contributed by atoms with E-state index in [1.165, 1.54) is 32.1 Å². The van der Waals surface area contributed by atoms with E-state index in [0.717, 1.165) is 26.1 Å². The summed E-state index contributed by atoms with van der Waals surface area (Å²) in [6.07, 6.45) is 7.76. The second-order valence-electron chi connectivity index (χ2n) is 7.55. The first-order valence-corrected chi connectivity index (χ1v) is 8.28. The van der Waals surface area contributed by atoms with Crippen molar-refractivity contribution in [1.29, 1.82) is 0 Å². The molecule has 3 rings (SSSR count). The molecule has 2 unspecified atom stereocenters. The Morgan fingerprint density at radius 3 is 2.70 bits per heavy atom. The van der Waals surface area contributed by atoms with Crippen LogP contribution < -0.4 is 5.73 Å². The van der Waals surface area contributed by atoms with E-state index >= 15 is 0 Å². The van der Waals surface area contributed by atoms with Crippen molar-refractivity contribution in [2.45, 2.75) is 75.7 Å². The molecule has 0 aromatic carbocycles. The molecule has 4 nitrogen and oxygen atoms in total. The first-order chi connectivity index (χ1) is 9.52. The van der Waals surface area contributed by atoms with Crippen LogP contribution in [0.4, 0.5) is 0 Å². The number of hydrogen-bond donors (Lipinski definition) is 1. The maximum atomic E-state index is 6.17. The minimum Gasteiger partial charge on any atom is -0.375 e. The molecular formula is C16H30N2O2. The summed E-state index contributed by atoms with van der Waals surface area (Å²) in [6, 6.07) is 0.652. The molecule has 116 valence electrons. The topological polar surface area (TPSA) is 47.7 Å². The summed E-state index contributed by atoms with van der Waals surface area (Å²) in [6.45, 7) is 7.92. The third-order valence-corrected chi connectivity index (χ3v) is 5.27. The van der Waals surface area contributed by atoms with Gasteiger partial charge in [0.2, 0.25) is 0 Å². The van der Waals surface area contributed by atoms with Crippen LogP contribution in [-0.2, 0) is 9.47 Å². The van der Waals surface area contributed by atoms with Gasteiger partial charge in [-0.25, -0.2) is 0 Å². The molecule has 2 saturated heterocycles. The van der Waals surface area contributed by atoms with E-state index in [4.69, 9.17) is 15.2 Å². The molecular weight excluding hydrogens is 252 g/mol. The number of ether oxygens (including phenoxy) is 2. The van der Waals surface area contributed by atoms with E-state index in [0.29, 0.717) is 12.6 Å². The molecule has 0 bridgehead atoms. The van der Waals surface area contributed by atoms with Crippen LogP contribution in [0.2, 0.25) is 0 Å². The molecule has 3 aliphatic rings. The second kappa shape index (κ2) is 5.56. The Bertz CT molecular complexity index is 339. The SMILES string of the molecule is CC1(C)CN(C2CCOC3(CCCC3)C2)CC(CN)O1. The van der Waals surface area contributed by atoms with Crippen molar-refractivity contribution in [1.82, 2.24) is 4.90 Å². The number of morpholine rings is 1. The van der Waals surface area contributed by atoms with Crippen LogP contribution in [-0.4, -0.2) is 54.5 Å². The maximum absolute atomic E-state index is 6.17. The lowest BCUT2D eigenvalue weighted by atomic mass is 9.87. The number of rotatable bonds is 2. The Balaban J connectivity index is 1.68. The molecule has 2 N–H and O–H groups in total. The summed E-state index contributed by atoms with van der Waals surface area (Å²) in [5.74, 6) is 0. The minimum absolute atomic E-state index is 0.0799. The molecule has 1 aliphatic carbocycles. The number of nitrogens with two attached hydrogens (primary N) is 1. The molecule has 2 heterocycles. The first-order valence-electron chi connectivity index (χ1n) is 8.28. The fraction of sp³-hybridized carbons (Fsp3) is 1.00. The van der Waals surface area contributed by atoms with Crippen molar-refractivity contribution in [3.05, 3.63) is 0 Å². The highest BCUT2D eigenvalue weighted by Crippen LogP contribution is 2.41. The van der Waals surface area contributed by atoms with Gasteiger partial charge in [0.25, 0.3) is 0 Å². The normalized spacial score (nSPS) is 37.4. The predicted molar refractivity (Wildman–Crippen MR) is 79.8 cm³/mol. The van der Waals surface area contributed by atoms with Crippen LogP contribution in [0.15, 0.2) is 0 Å². The zero-order chi connectivity index (χ0) is 14.2. The molecule has 2 atom stereocenters. The van der Waals surface area contributed by atoms with Gasteiger partial charge < -0.3 is 15.2 Å². The Morgan fingerprint density at radius 2 is 2.00 bits per heavy atom. The van der Waals surface area contributed by atoms with Gasteiger partial charge in [0.15, 0.2) is 0 Å². The summed E-state index contributed by atoms with van der Waals surface area (Å²) in [5.41, 5.74) is 5.97. The van der Waals surface area contributed by atoms with Crippen molar-refractivity contribution in [3.63, 3.8) is 0 Å². The van der Waals surface area contributed by atoms with Crippen LogP contribution in [0.25, 0.3) is 0 Å². The summed E-state index contributed by atoms with van der Waals surface area (Å²) in [7, 11) is 0. The van der Waals surface area contributed by atoms with E-state index in [9.17, 15) is 0 Å². The fourth-order valence-electron chi connectivity index (χ4n) is 4.42. The van der Waals surface area contributed by atoms with Crippen molar-refractivity contribution in [3.8, 4) is 0 Å². The summed E-state index contributed by atoms with van der Waals surface area (Å²) in [5, 5.41) is 0. The maximum Gasteiger partial charge on any atom is 0.0831 e. The third-order valence-electron chi connectivity index (χ3n) is 5.27. The Morgan fingerprint density at radius 1 is 1.25 bits per heavy atom. The summed E-state index contributed by atoms with van der Waals surface area (Å²) >= 11 is 0. The second-order valence-corrected chi connectivity index (χ2v) is 7.55. The Labute approximate surface area is 123 Å². The zero-order valence-corrected chi connectivity index (χ0v) is 13.1. The molecule has 1 saturated carbocycles. The Kier molecular flexibility index (Phi) is 4.10. The van der Waals surface area contributed by atoms with Crippen LogP contribution in [0.1, 0.15) is 52.4 Å². The number of nitrogens with zero attached hydrogens (tertiary/aromatic N) is 1. The highest BCUT2D eigenvalue weighted by molar-refractivity contribution is 4.97. The average molecular weight is 282 g/mol. The first kappa shape index (κ1) is 14.8. The molecule has 0 aromatic rings. The summed E-state index contributed by atoms with van der Waals surface area (Å²) in [4.78, 5) is 2.63. The molecule has 0 amide bonds. The van der Waals surface area contributed by atoms with Gasteiger partial charge in [-0.15, -0.1) is 0 Å². The van der Waals surface area contributed by atoms with Crippen LogP contribution >= 0.6 is 0 Å². The van der Waals surface area contributed by atoms with Gasteiger partial charge in [-0.1, -0.05) is 12.8 Å². The van der Waals surface area contributed by atoms with Gasteiger partial charge in [-0.3, -0.25) is 4.90 Å². The minimum atomic E-state index is -0.0799. The lowest BCUT2D eigenvalue weighted by Crippen LogP contribution is -2.59. The van der Waals surface area contributed by atoms with Crippen molar-refractivity contribution in [2.75, 3.05) is 26.2 Å². The smallest absolute Gasteiger partial charge is 0.0831 e. The zero-order valence-electron chi connectivity index (χ0n) is 13.1. The third kappa shape index (κ3) is 3.03. The molecule has 4 heteroatoms. The lowest BCUT2D eigenvalue weighted by molar-refractivity contribution is -0.164. The monoisotopic (exact) mass is 282 g/mol. The molecule has 0 aromatic heterocycles. The quantitative estimate of drug-likeness (QED) is 0.840. The average Bonchev–Trinajstić information content (AvgIpc) is 2.85. The Hall–Kier alpha value is -0.160. The molecule has 3 fully saturated rings. The largest absolute Gasteiger partial charge is 0.375 e. The van der Waals surface area contributed by atoms with Gasteiger partial charge in [0.1, 0.15) is 0 Å². The van der Waals surface area contributed by atoms with Crippen LogP contribution in [0.5, 0.6) is 0 Å². The van der Waals surface area contributed by atoms with Gasteiger partial charge >= 0.3 is 0 Å².